The van der Waals surface area contributed by atoms with Crippen LogP contribution in [0.15, 0.2) is 36.4 Å². The molecule has 1 heterocycles. The Bertz CT molecular complexity index is 799. The van der Waals surface area contributed by atoms with E-state index < -0.39 is 5.82 Å². The predicted molar refractivity (Wildman–Crippen MR) is 109 cm³/mol. The molecular weight excluding hydrogens is 365 g/mol. The van der Waals surface area contributed by atoms with Gasteiger partial charge in [0.1, 0.15) is 5.82 Å². The Morgan fingerprint density at radius 2 is 1.93 bits per heavy atom. The minimum absolute atomic E-state index is 0.0920. The summed E-state index contributed by atoms with van der Waals surface area (Å²) in [4.78, 5) is 17.1. The van der Waals surface area contributed by atoms with Crippen LogP contribution in [0.3, 0.4) is 0 Å². The third kappa shape index (κ3) is 4.79. The summed E-state index contributed by atoms with van der Waals surface area (Å²) in [6, 6.07) is 10.3. The molecule has 1 aliphatic heterocycles. The second kappa shape index (κ2) is 8.72. The van der Waals surface area contributed by atoms with Crippen molar-refractivity contribution in [2.45, 2.75) is 20.3 Å². The van der Waals surface area contributed by atoms with Crippen LogP contribution < -0.4 is 10.2 Å². The molecule has 0 saturated carbocycles. The minimum atomic E-state index is -0.463. The van der Waals surface area contributed by atoms with Crippen molar-refractivity contribution < 1.29 is 9.18 Å². The molecule has 0 spiro atoms. The molecule has 3 rings (SSSR count). The zero-order valence-corrected chi connectivity index (χ0v) is 16.5. The first-order chi connectivity index (χ1) is 13.0. The Kier molecular flexibility index (Phi) is 6.34. The van der Waals surface area contributed by atoms with E-state index in [2.05, 4.69) is 22.0 Å². The van der Waals surface area contributed by atoms with Gasteiger partial charge in [0.15, 0.2) is 0 Å². The van der Waals surface area contributed by atoms with Crippen molar-refractivity contribution in [1.82, 2.24) is 4.90 Å². The van der Waals surface area contributed by atoms with Crippen molar-refractivity contribution in [2.75, 3.05) is 42.9 Å². The molecular formula is C21H25ClFN3O. The SMILES string of the molecule is CCN1CCN(c2ccc(NC(=O)Cc3c(F)cccc3Cl)cc2C)CC1. The number of carbonyl (C=O) groups is 1. The van der Waals surface area contributed by atoms with Crippen LogP contribution in [0, 0.1) is 12.7 Å². The molecule has 0 aromatic heterocycles. The number of rotatable bonds is 5. The Balaban J connectivity index is 1.64. The molecule has 1 N–H and O–H groups in total. The van der Waals surface area contributed by atoms with Crippen LogP contribution >= 0.6 is 11.6 Å². The number of piperazine rings is 1. The standard InChI is InChI=1S/C21H25ClFN3O/c1-3-25-9-11-26(12-10-25)20-8-7-16(13-15(20)2)24-21(27)14-17-18(22)5-4-6-19(17)23/h4-8,13H,3,9-12,14H2,1-2H3,(H,24,27). The van der Waals surface area contributed by atoms with Crippen molar-refractivity contribution in [3.8, 4) is 0 Å². The van der Waals surface area contributed by atoms with Gasteiger partial charge in [0.25, 0.3) is 0 Å². The summed E-state index contributed by atoms with van der Waals surface area (Å²) >= 11 is 6.00. The number of halogens is 2. The Labute approximate surface area is 164 Å². The molecule has 2 aromatic rings. The molecule has 1 saturated heterocycles. The van der Waals surface area contributed by atoms with E-state index in [0.29, 0.717) is 5.69 Å². The van der Waals surface area contributed by atoms with E-state index in [1.807, 2.05) is 25.1 Å². The zero-order valence-electron chi connectivity index (χ0n) is 15.8. The fourth-order valence-electron chi connectivity index (χ4n) is 3.46. The fraction of sp³-hybridized carbons (Fsp3) is 0.381. The number of aryl methyl sites for hydroxylation is 1. The molecule has 0 atom stereocenters. The highest BCUT2D eigenvalue weighted by Gasteiger charge is 2.18. The van der Waals surface area contributed by atoms with Gasteiger partial charge in [0, 0.05) is 48.1 Å². The highest BCUT2D eigenvalue weighted by molar-refractivity contribution is 6.31. The molecule has 0 bridgehead atoms. The summed E-state index contributed by atoms with van der Waals surface area (Å²) in [5.74, 6) is -0.749. The van der Waals surface area contributed by atoms with Gasteiger partial charge in [-0.1, -0.05) is 24.6 Å². The summed E-state index contributed by atoms with van der Waals surface area (Å²) in [6.45, 7) is 9.47. The van der Waals surface area contributed by atoms with Gasteiger partial charge >= 0.3 is 0 Å². The number of benzene rings is 2. The monoisotopic (exact) mass is 389 g/mol. The van der Waals surface area contributed by atoms with Gasteiger partial charge in [0.2, 0.25) is 5.91 Å². The highest BCUT2D eigenvalue weighted by atomic mass is 35.5. The molecule has 1 fully saturated rings. The first-order valence-electron chi connectivity index (χ1n) is 9.28. The lowest BCUT2D eigenvalue weighted by atomic mass is 10.1. The van der Waals surface area contributed by atoms with Crippen molar-refractivity contribution >= 4 is 28.9 Å². The lowest BCUT2D eigenvalue weighted by Gasteiger charge is -2.36. The second-order valence-electron chi connectivity index (χ2n) is 6.85. The smallest absolute Gasteiger partial charge is 0.228 e. The summed E-state index contributed by atoms with van der Waals surface area (Å²) in [6.07, 6.45) is -0.0920. The minimum Gasteiger partial charge on any atom is -0.369 e. The van der Waals surface area contributed by atoms with Crippen molar-refractivity contribution in [1.29, 1.82) is 0 Å². The van der Waals surface area contributed by atoms with Crippen LogP contribution in [0.1, 0.15) is 18.1 Å². The van der Waals surface area contributed by atoms with E-state index >= 15 is 0 Å². The van der Waals surface area contributed by atoms with Crippen LogP contribution in [0.4, 0.5) is 15.8 Å². The molecule has 4 nitrogen and oxygen atoms in total. The average molecular weight is 390 g/mol. The first kappa shape index (κ1) is 19.6. The van der Waals surface area contributed by atoms with E-state index in [-0.39, 0.29) is 22.9 Å². The number of hydrogen-bond donors (Lipinski definition) is 1. The quantitative estimate of drug-likeness (QED) is 0.835. The summed E-state index contributed by atoms with van der Waals surface area (Å²) < 4.78 is 13.9. The molecule has 1 amide bonds. The summed E-state index contributed by atoms with van der Waals surface area (Å²) in [5, 5.41) is 3.11. The average Bonchev–Trinajstić information content (AvgIpc) is 2.65. The zero-order chi connectivity index (χ0) is 19.4. The maximum atomic E-state index is 13.9. The maximum Gasteiger partial charge on any atom is 0.228 e. The van der Waals surface area contributed by atoms with Crippen LogP contribution in [0.25, 0.3) is 0 Å². The number of likely N-dealkylation sites (N-methyl/N-ethyl adjacent to an activating group) is 1. The Hall–Kier alpha value is -2.11. The van der Waals surface area contributed by atoms with Crippen molar-refractivity contribution in [2.24, 2.45) is 0 Å². The van der Waals surface area contributed by atoms with Gasteiger partial charge in [-0.25, -0.2) is 4.39 Å². The van der Waals surface area contributed by atoms with Gasteiger partial charge in [0.05, 0.1) is 6.42 Å². The van der Waals surface area contributed by atoms with Crippen LogP contribution in [-0.2, 0) is 11.2 Å². The lowest BCUT2D eigenvalue weighted by Crippen LogP contribution is -2.46. The van der Waals surface area contributed by atoms with E-state index in [1.54, 1.807) is 6.07 Å². The summed E-state index contributed by atoms with van der Waals surface area (Å²) in [7, 11) is 0. The molecule has 1 aliphatic rings. The molecule has 0 radical (unpaired) electrons. The van der Waals surface area contributed by atoms with Gasteiger partial charge in [-0.2, -0.15) is 0 Å². The normalized spacial score (nSPS) is 15.0. The van der Waals surface area contributed by atoms with Crippen LogP contribution in [-0.4, -0.2) is 43.5 Å². The maximum absolute atomic E-state index is 13.9. The largest absolute Gasteiger partial charge is 0.369 e. The van der Waals surface area contributed by atoms with Crippen LogP contribution in [0.2, 0.25) is 5.02 Å². The number of carbonyl (C=O) groups excluding carboxylic acids is 1. The number of amides is 1. The van der Waals surface area contributed by atoms with Gasteiger partial charge in [-0.05, 0) is 49.4 Å². The molecule has 144 valence electrons. The number of anilines is 2. The van der Waals surface area contributed by atoms with E-state index in [9.17, 15) is 9.18 Å². The van der Waals surface area contributed by atoms with E-state index in [0.717, 1.165) is 38.3 Å². The van der Waals surface area contributed by atoms with Crippen LogP contribution in [0.5, 0.6) is 0 Å². The Morgan fingerprint density at radius 3 is 2.56 bits per heavy atom. The van der Waals surface area contributed by atoms with Gasteiger partial charge in [-0.3, -0.25) is 4.79 Å². The second-order valence-corrected chi connectivity index (χ2v) is 7.25. The van der Waals surface area contributed by atoms with Crippen molar-refractivity contribution in [3.05, 3.63) is 58.4 Å². The molecule has 6 heteroatoms. The molecule has 0 unspecified atom stereocenters. The number of nitrogens with one attached hydrogen (secondary N) is 1. The van der Waals surface area contributed by atoms with Gasteiger partial charge < -0.3 is 15.1 Å². The first-order valence-corrected chi connectivity index (χ1v) is 9.66. The lowest BCUT2D eigenvalue weighted by molar-refractivity contribution is -0.115. The third-order valence-electron chi connectivity index (χ3n) is 5.04. The highest BCUT2D eigenvalue weighted by Crippen LogP contribution is 2.25. The third-order valence-corrected chi connectivity index (χ3v) is 5.39. The fourth-order valence-corrected chi connectivity index (χ4v) is 3.69. The predicted octanol–water partition coefficient (Wildman–Crippen LogP) is 4.11. The molecule has 27 heavy (non-hydrogen) atoms. The number of nitrogens with zero attached hydrogens (tertiary/aromatic N) is 2. The van der Waals surface area contributed by atoms with Crippen molar-refractivity contribution in [3.63, 3.8) is 0 Å². The van der Waals surface area contributed by atoms with E-state index in [4.69, 9.17) is 11.6 Å². The van der Waals surface area contributed by atoms with E-state index in [1.165, 1.54) is 17.8 Å². The topological polar surface area (TPSA) is 35.6 Å². The summed E-state index contributed by atoms with van der Waals surface area (Å²) in [5.41, 5.74) is 3.24. The molecule has 2 aromatic carbocycles. The number of hydrogen-bond acceptors (Lipinski definition) is 3. The molecule has 0 aliphatic carbocycles. The van der Waals surface area contributed by atoms with Gasteiger partial charge in [-0.15, -0.1) is 0 Å². The Morgan fingerprint density at radius 1 is 1.19 bits per heavy atom.